The quantitative estimate of drug-likeness (QED) is 0.869. The molecule has 0 heterocycles. The summed E-state index contributed by atoms with van der Waals surface area (Å²) >= 11 is 0. The van der Waals surface area contributed by atoms with Crippen LogP contribution < -0.4 is 0 Å². The lowest BCUT2D eigenvalue weighted by Crippen LogP contribution is -2.50. The monoisotopic (exact) mass is 277 g/mol. The van der Waals surface area contributed by atoms with E-state index in [1.54, 1.807) is 7.05 Å². The average Bonchev–Trinajstić information content (AvgIpc) is 2.39. The van der Waals surface area contributed by atoms with Gasteiger partial charge in [-0.2, -0.15) is 0 Å². The fourth-order valence-corrected chi connectivity index (χ4v) is 1.82. The molecule has 0 aliphatic carbocycles. The van der Waals surface area contributed by atoms with Crippen molar-refractivity contribution >= 4 is 11.9 Å². The molecule has 0 radical (unpaired) electrons. The molecule has 1 N–H and O–H groups in total. The van der Waals surface area contributed by atoms with E-state index in [-0.39, 0.29) is 5.91 Å². The van der Waals surface area contributed by atoms with E-state index in [0.717, 1.165) is 12.8 Å². The predicted molar refractivity (Wildman–Crippen MR) is 78.6 cm³/mol. The Labute approximate surface area is 120 Å². The van der Waals surface area contributed by atoms with Gasteiger partial charge in [0.25, 0.3) is 0 Å². The smallest absolute Gasteiger partial charge is 0.329 e. The number of benzene rings is 1. The van der Waals surface area contributed by atoms with Crippen molar-refractivity contribution in [2.24, 2.45) is 0 Å². The Morgan fingerprint density at radius 2 is 1.75 bits per heavy atom. The van der Waals surface area contributed by atoms with Crippen LogP contribution in [0.3, 0.4) is 0 Å². The van der Waals surface area contributed by atoms with E-state index < -0.39 is 11.5 Å². The second-order valence-corrected chi connectivity index (χ2v) is 5.66. The van der Waals surface area contributed by atoms with Crippen LogP contribution in [0.25, 0.3) is 0 Å². The number of hydrogen-bond donors (Lipinski definition) is 1. The van der Waals surface area contributed by atoms with Gasteiger partial charge in [0.1, 0.15) is 5.54 Å². The fourth-order valence-electron chi connectivity index (χ4n) is 1.82. The number of carbonyl (C=O) groups is 2. The Hall–Kier alpha value is -1.84. The molecule has 0 aromatic heterocycles. The lowest BCUT2D eigenvalue weighted by Gasteiger charge is -2.31. The maximum Gasteiger partial charge on any atom is 0.329 e. The van der Waals surface area contributed by atoms with Crippen molar-refractivity contribution in [2.45, 2.75) is 45.6 Å². The normalized spacial score (nSPS) is 11.2. The third-order valence-electron chi connectivity index (χ3n) is 3.71. The summed E-state index contributed by atoms with van der Waals surface area (Å²) < 4.78 is 0. The van der Waals surface area contributed by atoms with Gasteiger partial charge >= 0.3 is 5.97 Å². The molecular formula is C16H23NO3. The van der Waals surface area contributed by atoms with E-state index in [9.17, 15) is 9.59 Å². The summed E-state index contributed by atoms with van der Waals surface area (Å²) in [6.07, 6.45) is 1.91. The first-order valence-electron chi connectivity index (χ1n) is 6.80. The van der Waals surface area contributed by atoms with Crippen molar-refractivity contribution in [1.29, 1.82) is 0 Å². The summed E-state index contributed by atoms with van der Waals surface area (Å²) in [5.74, 6) is -1.13. The van der Waals surface area contributed by atoms with E-state index in [2.05, 4.69) is 24.3 Å². The molecule has 0 spiro atoms. The highest BCUT2D eigenvalue weighted by atomic mass is 16.4. The van der Waals surface area contributed by atoms with Crippen LogP contribution in [0.2, 0.25) is 0 Å². The molecule has 1 amide bonds. The van der Waals surface area contributed by atoms with Gasteiger partial charge in [-0.1, -0.05) is 29.8 Å². The van der Waals surface area contributed by atoms with Gasteiger partial charge in [-0.25, -0.2) is 4.79 Å². The predicted octanol–water partition coefficient (Wildman–Crippen LogP) is 2.64. The van der Waals surface area contributed by atoms with Gasteiger partial charge in [0.2, 0.25) is 5.91 Å². The molecule has 4 nitrogen and oxygen atoms in total. The maximum atomic E-state index is 12.0. The largest absolute Gasteiger partial charge is 0.480 e. The number of aliphatic carboxylic acids is 1. The van der Waals surface area contributed by atoms with Gasteiger partial charge in [0, 0.05) is 13.5 Å². The van der Waals surface area contributed by atoms with Gasteiger partial charge < -0.3 is 10.0 Å². The summed E-state index contributed by atoms with van der Waals surface area (Å²) in [5.41, 5.74) is 1.25. The minimum atomic E-state index is -1.17. The van der Waals surface area contributed by atoms with Crippen LogP contribution in [-0.4, -0.2) is 34.5 Å². The van der Waals surface area contributed by atoms with Crippen molar-refractivity contribution < 1.29 is 14.7 Å². The Morgan fingerprint density at radius 3 is 2.25 bits per heavy atom. The summed E-state index contributed by atoms with van der Waals surface area (Å²) in [4.78, 5) is 24.4. The standard InChI is InChI=1S/C16H23NO3/c1-12-8-10-13(11-9-12)6-5-7-14(18)17(4)16(2,3)15(19)20/h8-11H,5-7H2,1-4H3,(H,19,20). The topological polar surface area (TPSA) is 57.6 Å². The zero-order chi connectivity index (χ0) is 15.3. The average molecular weight is 277 g/mol. The molecule has 110 valence electrons. The Bertz CT molecular complexity index is 477. The first kappa shape index (κ1) is 16.2. The number of likely N-dealkylation sites (N-methyl/N-ethyl adjacent to an activating group) is 1. The lowest BCUT2D eigenvalue weighted by atomic mass is 10.0. The molecule has 1 aromatic carbocycles. The van der Waals surface area contributed by atoms with Crippen molar-refractivity contribution in [3.05, 3.63) is 35.4 Å². The van der Waals surface area contributed by atoms with Crippen LogP contribution in [0.4, 0.5) is 0 Å². The molecule has 1 aromatic rings. The first-order valence-corrected chi connectivity index (χ1v) is 6.80. The molecule has 4 heteroatoms. The van der Waals surface area contributed by atoms with Crippen molar-refractivity contribution in [1.82, 2.24) is 4.90 Å². The number of aryl methyl sites for hydroxylation is 2. The molecule has 1 rings (SSSR count). The fraction of sp³-hybridized carbons (Fsp3) is 0.500. The minimum Gasteiger partial charge on any atom is -0.480 e. The summed E-state index contributed by atoms with van der Waals surface area (Å²) in [6, 6.07) is 8.23. The van der Waals surface area contributed by atoms with Crippen molar-refractivity contribution in [2.75, 3.05) is 7.05 Å². The molecule has 0 fully saturated rings. The molecular weight excluding hydrogens is 254 g/mol. The first-order chi connectivity index (χ1) is 9.25. The maximum absolute atomic E-state index is 12.0. The minimum absolute atomic E-state index is 0.135. The van der Waals surface area contributed by atoms with Gasteiger partial charge in [-0.3, -0.25) is 4.79 Å². The Morgan fingerprint density at radius 1 is 1.20 bits per heavy atom. The molecule has 0 bridgehead atoms. The molecule has 0 saturated heterocycles. The number of carbonyl (C=O) groups excluding carboxylic acids is 1. The molecule has 0 unspecified atom stereocenters. The van der Waals surface area contributed by atoms with E-state index in [4.69, 9.17) is 5.11 Å². The molecule has 0 aliphatic rings. The number of hydrogen-bond acceptors (Lipinski definition) is 2. The van der Waals surface area contributed by atoms with Crippen LogP contribution in [-0.2, 0) is 16.0 Å². The number of carboxylic acid groups (broad SMARTS) is 1. The van der Waals surface area contributed by atoms with E-state index in [1.165, 1.54) is 29.9 Å². The summed E-state index contributed by atoms with van der Waals surface area (Å²) in [7, 11) is 1.54. The summed E-state index contributed by atoms with van der Waals surface area (Å²) in [6.45, 7) is 5.11. The Kier molecular flexibility index (Phi) is 5.31. The van der Waals surface area contributed by atoms with Crippen LogP contribution >= 0.6 is 0 Å². The molecule has 0 atom stereocenters. The van der Waals surface area contributed by atoms with E-state index >= 15 is 0 Å². The van der Waals surface area contributed by atoms with Crippen molar-refractivity contribution in [3.63, 3.8) is 0 Å². The molecule has 20 heavy (non-hydrogen) atoms. The van der Waals surface area contributed by atoms with Crippen LogP contribution in [0, 0.1) is 6.92 Å². The van der Waals surface area contributed by atoms with E-state index in [0.29, 0.717) is 6.42 Å². The van der Waals surface area contributed by atoms with E-state index in [1.807, 2.05) is 6.92 Å². The van der Waals surface area contributed by atoms with Gasteiger partial charge in [0.15, 0.2) is 0 Å². The van der Waals surface area contributed by atoms with Gasteiger partial charge in [0.05, 0.1) is 0 Å². The van der Waals surface area contributed by atoms with Gasteiger partial charge in [-0.15, -0.1) is 0 Å². The number of nitrogens with zero attached hydrogens (tertiary/aromatic N) is 1. The lowest BCUT2D eigenvalue weighted by molar-refractivity contribution is -0.155. The number of rotatable bonds is 6. The third-order valence-corrected chi connectivity index (χ3v) is 3.71. The van der Waals surface area contributed by atoms with Crippen LogP contribution in [0.1, 0.15) is 37.8 Å². The second kappa shape index (κ2) is 6.55. The van der Waals surface area contributed by atoms with Gasteiger partial charge in [-0.05, 0) is 39.2 Å². The number of amides is 1. The van der Waals surface area contributed by atoms with Crippen LogP contribution in [0.5, 0.6) is 0 Å². The molecule has 0 saturated carbocycles. The highest BCUT2D eigenvalue weighted by molar-refractivity contribution is 5.86. The summed E-state index contributed by atoms with van der Waals surface area (Å²) in [5, 5.41) is 9.10. The molecule has 0 aliphatic heterocycles. The number of carboxylic acids is 1. The van der Waals surface area contributed by atoms with Crippen LogP contribution in [0.15, 0.2) is 24.3 Å². The Balaban J connectivity index is 2.47. The zero-order valence-corrected chi connectivity index (χ0v) is 12.6. The second-order valence-electron chi connectivity index (χ2n) is 5.66. The zero-order valence-electron chi connectivity index (χ0n) is 12.6. The highest BCUT2D eigenvalue weighted by Gasteiger charge is 2.34. The SMILES string of the molecule is Cc1ccc(CCCC(=O)N(C)C(C)(C)C(=O)O)cc1. The van der Waals surface area contributed by atoms with Crippen molar-refractivity contribution in [3.8, 4) is 0 Å². The highest BCUT2D eigenvalue weighted by Crippen LogP contribution is 2.15. The third kappa shape index (κ3) is 4.08.